The number of carbonyl (C=O) groups is 2. The number of carbonyl (C=O) groups excluding carboxylic acids is 2. The Morgan fingerprint density at radius 2 is 0.773 bits per heavy atom. The Hall–Kier alpha value is -1.26. The number of unbranched alkanes of at least 4 members (excludes halogenated alkanes) is 14. The van der Waals surface area contributed by atoms with Crippen molar-refractivity contribution < 1.29 is 29.3 Å². The van der Waals surface area contributed by atoms with Crippen molar-refractivity contribution >= 4 is 11.9 Å². The number of aliphatic hydroxyl groups excluding tert-OH is 2. The van der Waals surface area contributed by atoms with Crippen molar-refractivity contribution in [1.29, 1.82) is 0 Å². The minimum atomic E-state index is -1.11. The van der Waals surface area contributed by atoms with Crippen LogP contribution in [0.5, 0.6) is 0 Å². The molecule has 0 aromatic heterocycles. The van der Waals surface area contributed by atoms with E-state index in [1.807, 2.05) is 23.9 Å². The lowest BCUT2D eigenvalue weighted by Gasteiger charge is -2.23. The van der Waals surface area contributed by atoms with E-state index in [0.717, 1.165) is 64.7 Å². The Morgan fingerprint density at radius 3 is 1.11 bits per heavy atom. The molecule has 9 heteroatoms. The number of esters is 2. The van der Waals surface area contributed by atoms with Crippen molar-refractivity contribution in [2.45, 2.75) is 142 Å². The summed E-state index contributed by atoms with van der Waals surface area (Å²) >= 11 is 0. The fourth-order valence-corrected chi connectivity index (χ4v) is 5.26. The zero-order chi connectivity index (χ0) is 32.8. The van der Waals surface area contributed by atoms with Gasteiger partial charge in [0.1, 0.15) is 0 Å². The summed E-state index contributed by atoms with van der Waals surface area (Å²) in [6.07, 6.45) is 18.7. The number of hydrogen-bond donors (Lipinski definition) is 2. The number of ether oxygens (including phenoxy) is 2. The van der Waals surface area contributed by atoms with E-state index in [0.29, 0.717) is 13.2 Å². The lowest BCUT2D eigenvalue weighted by atomic mass is 10.1. The lowest BCUT2D eigenvalue weighted by molar-refractivity contribution is -0.155. The van der Waals surface area contributed by atoms with Gasteiger partial charge in [0.25, 0.3) is 0 Å². The lowest BCUT2D eigenvalue weighted by Crippen LogP contribution is -2.38. The minimum absolute atomic E-state index is 0.272. The third-order valence-electron chi connectivity index (χ3n) is 8.16. The summed E-state index contributed by atoms with van der Waals surface area (Å²) in [5.41, 5.74) is 0. The zero-order valence-electron chi connectivity index (χ0n) is 29.4. The van der Waals surface area contributed by atoms with Crippen LogP contribution >= 0.6 is 0 Å². The van der Waals surface area contributed by atoms with Crippen LogP contribution in [-0.4, -0.2) is 123 Å². The molecule has 0 saturated heterocycles. The number of hydrogen-bond acceptors (Lipinski definition) is 9. The first kappa shape index (κ1) is 42.7. The molecule has 0 radical (unpaired) electrons. The molecule has 0 aliphatic carbocycles. The van der Waals surface area contributed by atoms with Crippen molar-refractivity contribution in [3.8, 4) is 0 Å². The molecule has 262 valence electrons. The molecule has 0 aliphatic heterocycles. The van der Waals surface area contributed by atoms with Gasteiger partial charge in [-0.15, -0.1) is 0 Å². The summed E-state index contributed by atoms with van der Waals surface area (Å²) in [6, 6.07) is 0. The predicted molar refractivity (Wildman–Crippen MR) is 181 cm³/mol. The molecule has 0 rings (SSSR count). The summed E-state index contributed by atoms with van der Waals surface area (Å²) in [6.45, 7) is 9.12. The average molecular weight is 630 g/mol. The van der Waals surface area contributed by atoms with Crippen molar-refractivity contribution in [3.05, 3.63) is 0 Å². The topological polar surface area (TPSA) is 103 Å². The fourth-order valence-electron chi connectivity index (χ4n) is 5.26. The molecule has 2 N–H and O–H groups in total. The van der Waals surface area contributed by atoms with Gasteiger partial charge in [-0.05, 0) is 73.0 Å². The molecule has 0 amide bonds. The van der Waals surface area contributed by atoms with E-state index in [-0.39, 0.29) is 13.1 Å². The third-order valence-corrected chi connectivity index (χ3v) is 8.16. The summed E-state index contributed by atoms with van der Waals surface area (Å²) in [5, 5.41) is 20.4. The second-order valence-corrected chi connectivity index (χ2v) is 12.9. The standard InChI is InChI=1S/C35H71N3O6/c1-6-8-10-12-14-16-18-20-28-43-34(41)32(39)30-37(4)26-22-24-36(3)25-23-27-38(5)31-33(40)35(42)44-29-21-19-17-15-13-11-9-7-2/h32-33,39-40H,6-31H2,1-5H3. The van der Waals surface area contributed by atoms with Gasteiger partial charge in [0.15, 0.2) is 12.2 Å². The molecule has 2 unspecified atom stereocenters. The van der Waals surface area contributed by atoms with Gasteiger partial charge in [-0.25, -0.2) is 9.59 Å². The molecule has 0 aromatic rings. The summed E-state index contributed by atoms with van der Waals surface area (Å²) < 4.78 is 10.5. The molecule has 0 spiro atoms. The summed E-state index contributed by atoms with van der Waals surface area (Å²) in [7, 11) is 5.90. The maximum Gasteiger partial charge on any atom is 0.336 e. The highest BCUT2D eigenvalue weighted by Gasteiger charge is 2.19. The molecule has 9 nitrogen and oxygen atoms in total. The summed E-state index contributed by atoms with van der Waals surface area (Å²) in [4.78, 5) is 30.4. The van der Waals surface area contributed by atoms with Crippen LogP contribution in [0.25, 0.3) is 0 Å². The van der Waals surface area contributed by atoms with E-state index >= 15 is 0 Å². The second-order valence-electron chi connectivity index (χ2n) is 12.9. The molecule has 0 fully saturated rings. The first-order valence-electron chi connectivity index (χ1n) is 18.0. The van der Waals surface area contributed by atoms with Crippen LogP contribution < -0.4 is 0 Å². The maximum absolute atomic E-state index is 12.1. The van der Waals surface area contributed by atoms with Crippen LogP contribution in [0.4, 0.5) is 0 Å². The molecule has 0 saturated carbocycles. The van der Waals surface area contributed by atoms with Gasteiger partial charge in [0.05, 0.1) is 13.2 Å². The van der Waals surface area contributed by atoms with Crippen LogP contribution in [0.2, 0.25) is 0 Å². The van der Waals surface area contributed by atoms with Crippen LogP contribution in [-0.2, 0) is 19.1 Å². The van der Waals surface area contributed by atoms with Gasteiger partial charge >= 0.3 is 11.9 Å². The molecular weight excluding hydrogens is 558 g/mol. The van der Waals surface area contributed by atoms with E-state index in [1.165, 1.54) is 77.0 Å². The Morgan fingerprint density at radius 1 is 0.477 bits per heavy atom. The zero-order valence-corrected chi connectivity index (χ0v) is 29.4. The van der Waals surface area contributed by atoms with E-state index < -0.39 is 24.1 Å². The number of nitrogens with zero attached hydrogens (tertiary/aromatic N) is 3. The largest absolute Gasteiger partial charge is 0.464 e. The predicted octanol–water partition coefficient (Wildman–Crippen LogP) is 5.65. The Kier molecular flexibility index (Phi) is 29.5. The second kappa shape index (κ2) is 30.4. The molecule has 0 bridgehead atoms. The van der Waals surface area contributed by atoms with Crippen LogP contribution in [0.1, 0.15) is 129 Å². The first-order valence-corrected chi connectivity index (χ1v) is 18.0. The van der Waals surface area contributed by atoms with Gasteiger partial charge < -0.3 is 34.4 Å². The van der Waals surface area contributed by atoms with Gasteiger partial charge in [0.2, 0.25) is 0 Å². The monoisotopic (exact) mass is 630 g/mol. The molecule has 2 atom stereocenters. The molecule has 44 heavy (non-hydrogen) atoms. The average Bonchev–Trinajstić information content (AvgIpc) is 2.99. The molecule has 0 aromatic carbocycles. The van der Waals surface area contributed by atoms with Gasteiger partial charge in [-0.2, -0.15) is 0 Å². The Labute approximate surface area is 271 Å². The Bertz CT molecular complexity index is 614. The van der Waals surface area contributed by atoms with E-state index in [9.17, 15) is 19.8 Å². The van der Waals surface area contributed by atoms with Gasteiger partial charge in [-0.3, -0.25) is 0 Å². The molecular formula is C35H71N3O6. The van der Waals surface area contributed by atoms with E-state index in [4.69, 9.17) is 9.47 Å². The van der Waals surface area contributed by atoms with Crippen LogP contribution in [0.3, 0.4) is 0 Å². The van der Waals surface area contributed by atoms with E-state index in [2.05, 4.69) is 25.8 Å². The van der Waals surface area contributed by atoms with Crippen molar-refractivity contribution in [1.82, 2.24) is 14.7 Å². The first-order chi connectivity index (χ1) is 21.2. The van der Waals surface area contributed by atoms with Crippen molar-refractivity contribution in [2.24, 2.45) is 0 Å². The highest BCUT2D eigenvalue weighted by atomic mass is 16.6. The van der Waals surface area contributed by atoms with Gasteiger partial charge in [0, 0.05) is 13.1 Å². The number of rotatable bonds is 32. The van der Waals surface area contributed by atoms with Crippen LogP contribution in [0, 0.1) is 0 Å². The number of aliphatic hydroxyl groups is 2. The highest BCUT2D eigenvalue weighted by molar-refractivity contribution is 5.74. The molecule has 0 aliphatic rings. The third kappa shape index (κ3) is 27.1. The fraction of sp³-hybridized carbons (Fsp3) is 0.943. The van der Waals surface area contributed by atoms with Crippen molar-refractivity contribution in [2.75, 3.05) is 73.6 Å². The quantitative estimate of drug-likeness (QED) is 0.0722. The number of likely N-dealkylation sites (N-methyl/N-ethyl adjacent to an activating group) is 2. The summed E-state index contributed by atoms with van der Waals surface area (Å²) in [5.74, 6) is -1.05. The van der Waals surface area contributed by atoms with Crippen LogP contribution in [0.15, 0.2) is 0 Å². The van der Waals surface area contributed by atoms with Crippen molar-refractivity contribution in [3.63, 3.8) is 0 Å². The smallest absolute Gasteiger partial charge is 0.336 e. The highest BCUT2D eigenvalue weighted by Crippen LogP contribution is 2.10. The minimum Gasteiger partial charge on any atom is -0.464 e. The Balaban J connectivity index is 3.80. The SMILES string of the molecule is CCCCCCCCCCOC(=O)C(O)CN(C)CCCN(C)CCCN(C)CC(O)C(=O)OCCCCCCCCCC. The molecule has 0 heterocycles. The normalized spacial score (nSPS) is 13.1. The van der Waals surface area contributed by atoms with E-state index in [1.54, 1.807) is 0 Å². The maximum atomic E-state index is 12.1. The van der Waals surface area contributed by atoms with Gasteiger partial charge in [-0.1, -0.05) is 104 Å².